The summed E-state index contributed by atoms with van der Waals surface area (Å²) in [5.41, 5.74) is 2.46. The molecule has 1 fully saturated rings. The van der Waals surface area contributed by atoms with Crippen molar-refractivity contribution in [2.45, 2.75) is 38.3 Å². The minimum absolute atomic E-state index is 0.0436. The maximum Gasteiger partial charge on any atom is 0.318 e. The van der Waals surface area contributed by atoms with Gasteiger partial charge in [0, 0.05) is 25.0 Å². The zero-order chi connectivity index (χ0) is 15.4. The Morgan fingerprint density at radius 3 is 3.00 bits per heavy atom. The smallest absolute Gasteiger partial charge is 0.318 e. The standard InChI is InChI=1S/C17H21N3OS/c1-13(11-14-6-10-22-12-14)19-17(21)20-9-2-3-16(20)15-4-7-18-8-5-15/h4-8,10,12-13,16H,2-3,9,11H2,1H3,(H,19,21)/t13-,16+/m1/s1. The Labute approximate surface area is 135 Å². The molecule has 4 nitrogen and oxygen atoms in total. The molecule has 5 heteroatoms. The molecule has 0 aliphatic carbocycles. The highest BCUT2D eigenvalue weighted by Crippen LogP contribution is 2.31. The van der Waals surface area contributed by atoms with E-state index in [0.29, 0.717) is 0 Å². The molecular formula is C17H21N3OS. The van der Waals surface area contributed by atoms with Gasteiger partial charge in [0.2, 0.25) is 0 Å². The van der Waals surface area contributed by atoms with Gasteiger partial charge in [0.15, 0.2) is 0 Å². The molecule has 0 aromatic carbocycles. The highest BCUT2D eigenvalue weighted by atomic mass is 32.1. The van der Waals surface area contributed by atoms with Crippen molar-refractivity contribution in [1.29, 1.82) is 0 Å². The second-order valence-corrected chi connectivity index (χ2v) is 6.60. The van der Waals surface area contributed by atoms with Gasteiger partial charge in [-0.25, -0.2) is 4.79 Å². The Morgan fingerprint density at radius 2 is 2.27 bits per heavy atom. The number of aromatic nitrogens is 1. The molecule has 2 amide bonds. The summed E-state index contributed by atoms with van der Waals surface area (Å²) in [6.07, 6.45) is 6.55. The Kier molecular flexibility index (Phi) is 4.73. The summed E-state index contributed by atoms with van der Waals surface area (Å²) in [5, 5.41) is 7.35. The Morgan fingerprint density at radius 1 is 1.45 bits per heavy atom. The first-order chi connectivity index (χ1) is 10.7. The maximum atomic E-state index is 12.6. The van der Waals surface area contributed by atoms with E-state index in [4.69, 9.17) is 0 Å². The van der Waals surface area contributed by atoms with Gasteiger partial charge in [-0.2, -0.15) is 11.3 Å². The summed E-state index contributed by atoms with van der Waals surface area (Å²) in [5.74, 6) is 0. The van der Waals surface area contributed by atoms with E-state index in [0.717, 1.165) is 25.8 Å². The van der Waals surface area contributed by atoms with Crippen molar-refractivity contribution in [1.82, 2.24) is 15.2 Å². The number of carbonyl (C=O) groups is 1. The summed E-state index contributed by atoms with van der Waals surface area (Å²) in [4.78, 5) is 18.6. The van der Waals surface area contributed by atoms with Gasteiger partial charge in [0.05, 0.1) is 6.04 Å². The largest absolute Gasteiger partial charge is 0.335 e. The molecule has 0 spiro atoms. The van der Waals surface area contributed by atoms with E-state index in [1.165, 1.54) is 11.1 Å². The lowest BCUT2D eigenvalue weighted by molar-refractivity contribution is 0.189. The van der Waals surface area contributed by atoms with Crippen LogP contribution in [0.25, 0.3) is 0 Å². The molecule has 2 aromatic rings. The molecule has 0 saturated carbocycles. The van der Waals surface area contributed by atoms with Gasteiger partial charge in [-0.05, 0) is 66.3 Å². The van der Waals surface area contributed by atoms with Crippen LogP contribution < -0.4 is 5.32 Å². The lowest BCUT2D eigenvalue weighted by Gasteiger charge is -2.27. The van der Waals surface area contributed by atoms with Crippen molar-refractivity contribution in [3.8, 4) is 0 Å². The quantitative estimate of drug-likeness (QED) is 0.936. The Balaban J connectivity index is 1.61. The number of likely N-dealkylation sites (tertiary alicyclic amines) is 1. The summed E-state index contributed by atoms with van der Waals surface area (Å²) in [7, 11) is 0. The molecule has 3 rings (SSSR count). The number of hydrogen-bond donors (Lipinski definition) is 1. The lowest BCUT2D eigenvalue weighted by Crippen LogP contribution is -2.44. The van der Waals surface area contributed by atoms with Crippen LogP contribution >= 0.6 is 11.3 Å². The fourth-order valence-corrected chi connectivity index (χ4v) is 3.73. The summed E-state index contributed by atoms with van der Waals surface area (Å²) in [6, 6.07) is 6.48. The number of nitrogens with one attached hydrogen (secondary N) is 1. The predicted molar refractivity (Wildman–Crippen MR) is 88.9 cm³/mol. The second kappa shape index (κ2) is 6.92. The van der Waals surface area contributed by atoms with Crippen LogP contribution in [-0.4, -0.2) is 28.5 Å². The summed E-state index contributed by atoms with van der Waals surface area (Å²) < 4.78 is 0. The molecule has 22 heavy (non-hydrogen) atoms. The zero-order valence-electron chi connectivity index (χ0n) is 12.7. The van der Waals surface area contributed by atoms with Crippen LogP contribution in [0.3, 0.4) is 0 Å². The van der Waals surface area contributed by atoms with Crippen molar-refractivity contribution in [2.24, 2.45) is 0 Å². The van der Waals surface area contributed by atoms with Crippen LogP contribution in [0, 0.1) is 0 Å². The third kappa shape index (κ3) is 3.47. The topological polar surface area (TPSA) is 45.2 Å². The van der Waals surface area contributed by atoms with E-state index < -0.39 is 0 Å². The number of hydrogen-bond acceptors (Lipinski definition) is 3. The normalized spacial score (nSPS) is 19.1. The molecule has 0 radical (unpaired) electrons. The number of nitrogens with zero attached hydrogens (tertiary/aromatic N) is 2. The molecule has 2 aromatic heterocycles. The van der Waals surface area contributed by atoms with E-state index in [-0.39, 0.29) is 18.1 Å². The van der Waals surface area contributed by atoms with Crippen LogP contribution in [0.1, 0.15) is 36.9 Å². The molecule has 1 aliphatic rings. The highest BCUT2D eigenvalue weighted by Gasteiger charge is 2.30. The molecule has 1 aliphatic heterocycles. The number of amides is 2. The number of rotatable bonds is 4. The van der Waals surface area contributed by atoms with Crippen molar-refractivity contribution in [2.75, 3.05) is 6.54 Å². The fraction of sp³-hybridized carbons (Fsp3) is 0.412. The van der Waals surface area contributed by atoms with Crippen molar-refractivity contribution in [3.05, 3.63) is 52.5 Å². The average Bonchev–Trinajstić information content (AvgIpc) is 3.18. The zero-order valence-corrected chi connectivity index (χ0v) is 13.6. The molecule has 0 unspecified atom stereocenters. The Bertz CT molecular complexity index is 600. The van der Waals surface area contributed by atoms with E-state index in [9.17, 15) is 4.79 Å². The molecular weight excluding hydrogens is 294 g/mol. The van der Waals surface area contributed by atoms with Crippen molar-refractivity contribution < 1.29 is 4.79 Å². The van der Waals surface area contributed by atoms with Crippen LogP contribution in [0.5, 0.6) is 0 Å². The summed E-state index contributed by atoms with van der Waals surface area (Å²) in [6.45, 7) is 2.89. The van der Waals surface area contributed by atoms with Gasteiger partial charge in [-0.15, -0.1) is 0 Å². The van der Waals surface area contributed by atoms with Gasteiger partial charge < -0.3 is 10.2 Å². The SMILES string of the molecule is C[C@H](Cc1ccsc1)NC(=O)N1CCC[C@H]1c1ccncc1. The van der Waals surface area contributed by atoms with Gasteiger partial charge in [-0.1, -0.05) is 0 Å². The molecule has 0 bridgehead atoms. The second-order valence-electron chi connectivity index (χ2n) is 5.82. The summed E-state index contributed by atoms with van der Waals surface area (Å²) >= 11 is 1.69. The Hall–Kier alpha value is -1.88. The van der Waals surface area contributed by atoms with Crippen molar-refractivity contribution in [3.63, 3.8) is 0 Å². The van der Waals surface area contributed by atoms with E-state index in [1.807, 2.05) is 17.0 Å². The van der Waals surface area contributed by atoms with Crippen molar-refractivity contribution >= 4 is 17.4 Å². The first-order valence-corrected chi connectivity index (χ1v) is 8.66. The highest BCUT2D eigenvalue weighted by molar-refractivity contribution is 7.07. The van der Waals surface area contributed by atoms with E-state index >= 15 is 0 Å². The fourth-order valence-electron chi connectivity index (χ4n) is 3.05. The maximum absolute atomic E-state index is 12.6. The van der Waals surface area contributed by atoms with Gasteiger partial charge in [0.1, 0.15) is 0 Å². The third-order valence-corrected chi connectivity index (χ3v) is 4.83. The minimum Gasteiger partial charge on any atom is -0.335 e. The molecule has 3 heterocycles. The molecule has 1 N–H and O–H groups in total. The average molecular weight is 315 g/mol. The number of urea groups is 1. The van der Waals surface area contributed by atoms with Gasteiger partial charge in [-0.3, -0.25) is 4.98 Å². The van der Waals surface area contributed by atoms with Gasteiger partial charge >= 0.3 is 6.03 Å². The molecule has 2 atom stereocenters. The monoisotopic (exact) mass is 315 g/mol. The predicted octanol–water partition coefficient (Wildman–Crippen LogP) is 3.62. The van der Waals surface area contributed by atoms with E-state index in [1.54, 1.807) is 23.7 Å². The third-order valence-electron chi connectivity index (χ3n) is 4.10. The van der Waals surface area contributed by atoms with Gasteiger partial charge in [0.25, 0.3) is 0 Å². The molecule has 1 saturated heterocycles. The number of thiophene rings is 1. The van der Waals surface area contributed by atoms with Crippen LogP contribution in [0.2, 0.25) is 0 Å². The van der Waals surface area contributed by atoms with E-state index in [2.05, 4.69) is 34.1 Å². The minimum atomic E-state index is 0.0436. The van der Waals surface area contributed by atoms with Crippen LogP contribution in [-0.2, 0) is 6.42 Å². The number of carbonyl (C=O) groups excluding carboxylic acids is 1. The molecule has 116 valence electrons. The van der Waals surface area contributed by atoms with Crippen LogP contribution in [0.4, 0.5) is 4.79 Å². The number of pyridine rings is 1. The first-order valence-electron chi connectivity index (χ1n) is 7.72. The van der Waals surface area contributed by atoms with Crippen LogP contribution in [0.15, 0.2) is 41.4 Å². The first kappa shape index (κ1) is 15.0. The lowest BCUT2D eigenvalue weighted by atomic mass is 10.1.